The van der Waals surface area contributed by atoms with E-state index in [9.17, 15) is 20.1 Å². The summed E-state index contributed by atoms with van der Waals surface area (Å²) in [4.78, 5) is 12.2. The van der Waals surface area contributed by atoms with E-state index in [2.05, 4.69) is 6.92 Å². The molecular formula is C33H58O4. The highest BCUT2D eigenvalue weighted by Crippen LogP contribution is 2.48. The molecule has 3 N–H and O–H groups in total. The number of unbranched alkanes of at least 4 members (excludes halogenated alkanes) is 15. The Bertz CT molecular complexity index is 811. The zero-order chi connectivity index (χ0) is 28.1. The van der Waals surface area contributed by atoms with Gasteiger partial charge in [-0.1, -0.05) is 145 Å². The monoisotopic (exact) mass is 518 g/mol. The molecule has 1 aromatic carbocycles. The van der Waals surface area contributed by atoms with E-state index in [1.165, 1.54) is 83.5 Å². The van der Waals surface area contributed by atoms with Gasteiger partial charge < -0.3 is 15.3 Å². The molecular weight excluding hydrogens is 460 g/mol. The molecule has 37 heavy (non-hydrogen) atoms. The van der Waals surface area contributed by atoms with Crippen LogP contribution in [0.2, 0.25) is 0 Å². The third-order valence-corrected chi connectivity index (χ3v) is 7.54. The van der Waals surface area contributed by atoms with Crippen LogP contribution >= 0.6 is 0 Å². The largest absolute Gasteiger partial charge is 0.507 e. The highest BCUT2D eigenvalue weighted by molar-refractivity contribution is 5.95. The minimum atomic E-state index is -1.13. The van der Waals surface area contributed by atoms with Crippen LogP contribution in [0.4, 0.5) is 0 Å². The number of aromatic carboxylic acids is 1. The molecule has 1 rings (SSSR count). The summed E-state index contributed by atoms with van der Waals surface area (Å²) in [5.41, 5.74) is 0.526. The Morgan fingerprint density at radius 2 is 0.919 bits per heavy atom. The molecule has 0 amide bonds. The number of rotatable bonds is 18. The van der Waals surface area contributed by atoms with Gasteiger partial charge >= 0.3 is 5.97 Å². The number of hydrogen-bond donors (Lipinski definition) is 3. The number of carboxylic acids is 1. The van der Waals surface area contributed by atoms with Crippen LogP contribution in [0.15, 0.2) is 0 Å². The van der Waals surface area contributed by atoms with Crippen molar-refractivity contribution in [2.24, 2.45) is 0 Å². The molecule has 0 fully saturated rings. The van der Waals surface area contributed by atoms with E-state index in [4.69, 9.17) is 0 Å². The van der Waals surface area contributed by atoms with Crippen molar-refractivity contribution in [1.29, 1.82) is 0 Å². The Balaban J connectivity index is 2.53. The van der Waals surface area contributed by atoms with Crippen LogP contribution in [0, 0.1) is 0 Å². The van der Waals surface area contributed by atoms with Crippen molar-refractivity contribution in [3.8, 4) is 11.5 Å². The summed E-state index contributed by atoms with van der Waals surface area (Å²) in [5.74, 6) is -1.36. The molecule has 0 aliphatic carbocycles. The van der Waals surface area contributed by atoms with E-state index in [1.807, 2.05) is 41.5 Å². The van der Waals surface area contributed by atoms with Crippen molar-refractivity contribution in [3.05, 3.63) is 22.3 Å². The zero-order valence-electron chi connectivity index (χ0n) is 25.3. The van der Waals surface area contributed by atoms with E-state index < -0.39 is 16.8 Å². The van der Waals surface area contributed by atoms with Gasteiger partial charge in [-0.15, -0.1) is 0 Å². The van der Waals surface area contributed by atoms with Crippen molar-refractivity contribution in [3.63, 3.8) is 0 Å². The molecule has 214 valence electrons. The Morgan fingerprint density at radius 3 is 1.24 bits per heavy atom. The lowest BCUT2D eigenvalue weighted by atomic mass is 9.74. The topological polar surface area (TPSA) is 77.8 Å². The number of benzene rings is 1. The predicted octanol–water partition coefficient (Wildman–Crippen LogP) is 10.2. The Hall–Kier alpha value is -1.71. The minimum Gasteiger partial charge on any atom is -0.507 e. The van der Waals surface area contributed by atoms with Crippen LogP contribution in [0.5, 0.6) is 11.5 Å². The van der Waals surface area contributed by atoms with Crippen LogP contribution in [0.25, 0.3) is 0 Å². The van der Waals surface area contributed by atoms with E-state index in [-0.39, 0.29) is 17.1 Å². The fourth-order valence-corrected chi connectivity index (χ4v) is 5.62. The number of aromatic hydroxyl groups is 2. The predicted molar refractivity (Wildman–Crippen MR) is 157 cm³/mol. The summed E-state index contributed by atoms with van der Waals surface area (Å²) in [7, 11) is 0. The Morgan fingerprint density at radius 1 is 0.568 bits per heavy atom. The third-order valence-electron chi connectivity index (χ3n) is 7.54. The second-order valence-corrected chi connectivity index (χ2v) is 13.2. The van der Waals surface area contributed by atoms with Crippen molar-refractivity contribution in [1.82, 2.24) is 0 Å². The van der Waals surface area contributed by atoms with Crippen LogP contribution in [0.3, 0.4) is 0 Å². The lowest BCUT2D eigenvalue weighted by Gasteiger charge is -2.31. The van der Waals surface area contributed by atoms with Crippen LogP contribution in [0.1, 0.15) is 178 Å². The molecule has 4 nitrogen and oxygen atoms in total. The Kier molecular flexibility index (Phi) is 14.7. The van der Waals surface area contributed by atoms with Crippen LogP contribution in [-0.2, 0) is 17.3 Å². The minimum absolute atomic E-state index is 0.0337. The summed E-state index contributed by atoms with van der Waals surface area (Å²) >= 11 is 0. The van der Waals surface area contributed by atoms with Gasteiger partial charge in [0, 0.05) is 11.1 Å². The fourth-order valence-electron chi connectivity index (χ4n) is 5.62. The summed E-state index contributed by atoms with van der Waals surface area (Å²) < 4.78 is 0. The van der Waals surface area contributed by atoms with Crippen LogP contribution < -0.4 is 0 Å². The first-order chi connectivity index (χ1) is 17.3. The summed E-state index contributed by atoms with van der Waals surface area (Å²) in [6.45, 7) is 13.9. The number of carboxylic acid groups (broad SMARTS) is 1. The van der Waals surface area contributed by atoms with Gasteiger partial charge in [-0.2, -0.15) is 0 Å². The normalized spacial score (nSPS) is 12.3. The van der Waals surface area contributed by atoms with Crippen molar-refractivity contribution >= 4 is 5.97 Å². The van der Waals surface area contributed by atoms with Gasteiger partial charge in [0.05, 0.1) is 0 Å². The smallest absolute Gasteiger partial charge is 0.339 e. The first-order valence-electron chi connectivity index (χ1n) is 15.2. The quantitative estimate of drug-likeness (QED) is 0.169. The maximum Gasteiger partial charge on any atom is 0.339 e. The zero-order valence-corrected chi connectivity index (χ0v) is 25.3. The first kappa shape index (κ1) is 33.3. The molecule has 0 spiro atoms. The van der Waals surface area contributed by atoms with Gasteiger partial charge in [-0.25, -0.2) is 4.79 Å². The van der Waals surface area contributed by atoms with Gasteiger partial charge in [0.25, 0.3) is 0 Å². The second kappa shape index (κ2) is 16.3. The molecule has 0 radical (unpaired) electrons. The van der Waals surface area contributed by atoms with Gasteiger partial charge in [-0.3, -0.25) is 0 Å². The molecule has 0 unspecified atom stereocenters. The summed E-state index contributed by atoms with van der Waals surface area (Å²) in [6.07, 6.45) is 21.2. The molecule has 0 aliphatic rings. The SMILES string of the molecule is CCCCCCCCCCCCCCCCCCc1c(C(=O)O)c(O)c(C(C)(C)C)c(O)c1C(C)(C)C. The molecule has 4 heteroatoms. The van der Waals surface area contributed by atoms with E-state index in [0.29, 0.717) is 23.1 Å². The number of carbonyl (C=O) groups is 1. The van der Waals surface area contributed by atoms with Crippen molar-refractivity contribution in [2.45, 2.75) is 168 Å². The molecule has 0 heterocycles. The Labute approximate surface area is 228 Å². The average molecular weight is 519 g/mol. The fraction of sp³-hybridized carbons (Fsp3) is 0.788. The lowest BCUT2D eigenvalue weighted by Crippen LogP contribution is -2.22. The molecule has 1 aromatic rings. The maximum atomic E-state index is 12.2. The molecule has 0 aromatic heterocycles. The second-order valence-electron chi connectivity index (χ2n) is 13.2. The molecule has 0 saturated heterocycles. The van der Waals surface area contributed by atoms with Crippen molar-refractivity contribution < 1.29 is 20.1 Å². The average Bonchev–Trinajstić information content (AvgIpc) is 2.76. The van der Waals surface area contributed by atoms with Crippen molar-refractivity contribution in [2.75, 3.05) is 0 Å². The lowest BCUT2D eigenvalue weighted by molar-refractivity contribution is 0.0691. The first-order valence-corrected chi connectivity index (χ1v) is 15.2. The standard InChI is InChI=1S/C33H58O4/c1-8-9-10-11-12-13-14-15-16-17-18-19-20-21-22-23-24-25-26(31(36)37)29(34)28(33(5,6)7)30(35)27(25)32(2,3)4/h34-35H,8-24H2,1-7H3,(H,36,37). The number of hydrogen-bond acceptors (Lipinski definition) is 3. The highest BCUT2D eigenvalue weighted by Gasteiger charge is 2.35. The third kappa shape index (κ3) is 11.3. The number of phenols is 2. The summed E-state index contributed by atoms with van der Waals surface area (Å²) in [5, 5.41) is 32.2. The van der Waals surface area contributed by atoms with Gasteiger partial charge in [0.2, 0.25) is 0 Å². The molecule has 0 saturated carbocycles. The van der Waals surface area contributed by atoms with Gasteiger partial charge in [0.1, 0.15) is 17.1 Å². The summed E-state index contributed by atoms with van der Waals surface area (Å²) in [6, 6.07) is 0. The molecule has 0 atom stereocenters. The van der Waals surface area contributed by atoms with E-state index in [0.717, 1.165) is 19.3 Å². The van der Waals surface area contributed by atoms with E-state index in [1.54, 1.807) is 0 Å². The molecule has 0 bridgehead atoms. The van der Waals surface area contributed by atoms with Crippen LogP contribution in [-0.4, -0.2) is 21.3 Å². The van der Waals surface area contributed by atoms with E-state index >= 15 is 0 Å². The highest BCUT2D eigenvalue weighted by atomic mass is 16.4. The van der Waals surface area contributed by atoms with Gasteiger partial charge in [-0.05, 0) is 29.2 Å². The number of phenolic OH excluding ortho intramolecular Hbond substituents is 1. The molecule has 0 aliphatic heterocycles. The van der Waals surface area contributed by atoms with Gasteiger partial charge in [0.15, 0.2) is 0 Å². The maximum absolute atomic E-state index is 12.2.